The lowest BCUT2D eigenvalue weighted by Crippen LogP contribution is -2.23. The molecule has 1 aromatic rings. The topological polar surface area (TPSA) is 47.3 Å². The predicted molar refractivity (Wildman–Crippen MR) is 74.0 cm³/mol. The minimum atomic E-state index is 0.0406. The molecule has 1 rings (SSSR count). The Balaban J connectivity index is 2.61. The van der Waals surface area contributed by atoms with Crippen LogP contribution in [0, 0.1) is 29.1 Å². The fourth-order valence-electron chi connectivity index (χ4n) is 1.61. The van der Waals surface area contributed by atoms with Crippen molar-refractivity contribution >= 4 is 11.3 Å². The lowest BCUT2D eigenvalue weighted by molar-refractivity contribution is 0.304. The van der Waals surface area contributed by atoms with Crippen LogP contribution in [0.2, 0.25) is 0 Å². The number of thiophene rings is 1. The van der Waals surface area contributed by atoms with Gasteiger partial charge in [-0.3, -0.25) is 4.90 Å². The molecule has 0 radical (unpaired) electrons. The monoisotopic (exact) mass is 262 g/mol. The van der Waals surface area contributed by atoms with Crippen LogP contribution in [0.15, 0.2) is 11.4 Å². The molecule has 3 nitrogen and oxygen atoms in total. The van der Waals surface area contributed by atoms with Gasteiger partial charge < -0.3 is 5.11 Å². The van der Waals surface area contributed by atoms with Crippen LogP contribution >= 0.6 is 11.3 Å². The molecule has 4 heteroatoms. The maximum atomic E-state index is 8.79. The van der Waals surface area contributed by atoms with Gasteiger partial charge in [-0.2, -0.15) is 5.26 Å². The molecule has 0 bridgehead atoms. The Morgan fingerprint density at radius 3 is 3.00 bits per heavy atom. The van der Waals surface area contributed by atoms with Crippen molar-refractivity contribution < 1.29 is 5.11 Å². The number of rotatable bonds is 5. The Morgan fingerprint density at radius 2 is 2.33 bits per heavy atom. The maximum Gasteiger partial charge on any atom is 0.0666 e. The summed E-state index contributed by atoms with van der Waals surface area (Å²) in [6.07, 6.45) is 0.511. The molecule has 0 aliphatic heterocycles. The lowest BCUT2D eigenvalue weighted by Gasteiger charge is -2.16. The van der Waals surface area contributed by atoms with Crippen molar-refractivity contribution in [2.45, 2.75) is 19.9 Å². The first kappa shape index (κ1) is 14.7. The van der Waals surface area contributed by atoms with E-state index < -0.39 is 0 Å². The maximum absolute atomic E-state index is 8.79. The number of hydrogen-bond donors (Lipinski definition) is 1. The van der Waals surface area contributed by atoms with Crippen LogP contribution < -0.4 is 0 Å². The zero-order valence-electron chi connectivity index (χ0n) is 10.8. The third kappa shape index (κ3) is 4.89. The first-order valence-corrected chi connectivity index (χ1v) is 6.79. The molecule has 0 saturated heterocycles. The van der Waals surface area contributed by atoms with E-state index in [1.165, 1.54) is 4.88 Å². The van der Waals surface area contributed by atoms with E-state index in [1.807, 2.05) is 25.4 Å². The van der Waals surface area contributed by atoms with Gasteiger partial charge in [0.2, 0.25) is 0 Å². The van der Waals surface area contributed by atoms with Crippen molar-refractivity contribution in [3.05, 3.63) is 21.9 Å². The Morgan fingerprint density at radius 1 is 1.56 bits per heavy atom. The van der Waals surface area contributed by atoms with Gasteiger partial charge in [0.1, 0.15) is 0 Å². The van der Waals surface area contributed by atoms with Crippen molar-refractivity contribution in [2.75, 3.05) is 20.2 Å². The third-order valence-corrected chi connectivity index (χ3v) is 3.33. The summed E-state index contributed by atoms with van der Waals surface area (Å²) in [5.41, 5.74) is 1.03. The number of nitriles is 1. The molecule has 1 atom stereocenters. The molecular formula is C14H18N2OS. The van der Waals surface area contributed by atoms with E-state index in [0.717, 1.165) is 18.7 Å². The quantitative estimate of drug-likeness (QED) is 0.826. The summed E-state index contributed by atoms with van der Waals surface area (Å²) in [7, 11) is 2.01. The van der Waals surface area contributed by atoms with E-state index in [4.69, 9.17) is 10.4 Å². The number of aliphatic hydroxyl groups is 1. The van der Waals surface area contributed by atoms with E-state index in [2.05, 4.69) is 22.8 Å². The van der Waals surface area contributed by atoms with E-state index >= 15 is 0 Å². The Hall–Kier alpha value is -1.33. The van der Waals surface area contributed by atoms with Crippen LogP contribution in [0.4, 0.5) is 0 Å². The second-order valence-corrected chi connectivity index (χ2v) is 5.26. The predicted octanol–water partition coefficient (Wildman–Crippen LogP) is 2.07. The molecule has 0 aromatic carbocycles. The Labute approximate surface area is 113 Å². The van der Waals surface area contributed by atoms with E-state index in [-0.39, 0.29) is 12.5 Å². The van der Waals surface area contributed by atoms with Crippen LogP contribution in [-0.2, 0) is 6.54 Å². The SMILES string of the molecule is CC(C#N)CN(C)Cc1sccc1C#CCCO. The van der Waals surface area contributed by atoms with Crippen LogP contribution in [0.3, 0.4) is 0 Å². The molecule has 18 heavy (non-hydrogen) atoms. The van der Waals surface area contributed by atoms with Crippen molar-refractivity contribution in [2.24, 2.45) is 5.92 Å². The first-order valence-electron chi connectivity index (χ1n) is 5.91. The largest absolute Gasteiger partial charge is 0.395 e. The summed E-state index contributed by atoms with van der Waals surface area (Å²) in [5, 5.41) is 19.5. The number of aliphatic hydroxyl groups excluding tert-OH is 1. The number of nitrogens with zero attached hydrogens (tertiary/aromatic N) is 2. The highest BCUT2D eigenvalue weighted by Crippen LogP contribution is 2.18. The van der Waals surface area contributed by atoms with Gasteiger partial charge in [0.25, 0.3) is 0 Å². The highest BCUT2D eigenvalue weighted by molar-refractivity contribution is 7.10. The summed E-state index contributed by atoms with van der Waals surface area (Å²) in [4.78, 5) is 3.35. The molecule has 0 fully saturated rings. The fourth-order valence-corrected chi connectivity index (χ4v) is 2.52. The Kier molecular flexibility index (Phi) is 6.46. The van der Waals surface area contributed by atoms with Crippen molar-refractivity contribution in [1.82, 2.24) is 4.90 Å². The zero-order valence-corrected chi connectivity index (χ0v) is 11.6. The van der Waals surface area contributed by atoms with Gasteiger partial charge in [0.05, 0.1) is 18.6 Å². The van der Waals surface area contributed by atoms with E-state index in [9.17, 15) is 0 Å². The highest BCUT2D eigenvalue weighted by atomic mass is 32.1. The fraction of sp³-hybridized carbons (Fsp3) is 0.500. The lowest BCUT2D eigenvalue weighted by atomic mass is 10.2. The molecule has 0 spiro atoms. The van der Waals surface area contributed by atoms with Gasteiger partial charge in [-0.25, -0.2) is 0 Å². The van der Waals surface area contributed by atoms with Gasteiger partial charge >= 0.3 is 0 Å². The molecule has 1 aromatic heterocycles. The molecule has 0 saturated carbocycles. The van der Waals surface area contributed by atoms with Crippen molar-refractivity contribution in [1.29, 1.82) is 5.26 Å². The van der Waals surface area contributed by atoms with Crippen LogP contribution in [0.5, 0.6) is 0 Å². The minimum absolute atomic E-state index is 0.0406. The second kappa shape index (κ2) is 7.89. The standard InChI is InChI=1S/C14H18N2OS/c1-12(9-15)10-16(2)11-14-13(6-8-18-14)5-3-4-7-17/h6,8,12,17H,4,7,10-11H2,1-2H3. The molecule has 1 N–H and O–H groups in total. The van der Waals surface area contributed by atoms with Crippen molar-refractivity contribution in [3.8, 4) is 17.9 Å². The van der Waals surface area contributed by atoms with Gasteiger partial charge in [-0.15, -0.1) is 11.3 Å². The molecule has 1 unspecified atom stereocenters. The molecule has 96 valence electrons. The average Bonchev–Trinajstić information content (AvgIpc) is 2.76. The normalized spacial score (nSPS) is 11.7. The van der Waals surface area contributed by atoms with Gasteiger partial charge in [0, 0.05) is 30.0 Å². The van der Waals surface area contributed by atoms with E-state index in [0.29, 0.717) is 6.42 Å². The second-order valence-electron chi connectivity index (χ2n) is 4.26. The minimum Gasteiger partial charge on any atom is -0.395 e. The third-order valence-electron chi connectivity index (χ3n) is 2.42. The van der Waals surface area contributed by atoms with Crippen LogP contribution in [0.1, 0.15) is 23.8 Å². The average molecular weight is 262 g/mol. The summed E-state index contributed by atoms with van der Waals surface area (Å²) in [5.74, 6) is 6.06. The van der Waals surface area contributed by atoms with E-state index in [1.54, 1.807) is 11.3 Å². The smallest absolute Gasteiger partial charge is 0.0666 e. The van der Waals surface area contributed by atoms with Gasteiger partial charge in [0.15, 0.2) is 0 Å². The first-order chi connectivity index (χ1) is 8.67. The number of hydrogen-bond acceptors (Lipinski definition) is 4. The van der Waals surface area contributed by atoms with Gasteiger partial charge in [-0.1, -0.05) is 11.8 Å². The van der Waals surface area contributed by atoms with Crippen LogP contribution in [0.25, 0.3) is 0 Å². The highest BCUT2D eigenvalue weighted by Gasteiger charge is 2.09. The Bertz CT molecular complexity index is 464. The zero-order chi connectivity index (χ0) is 13.4. The molecule has 0 aliphatic rings. The molecule has 1 heterocycles. The molecule has 0 amide bonds. The summed E-state index contributed by atoms with van der Waals surface area (Å²) in [6, 6.07) is 4.24. The van der Waals surface area contributed by atoms with Gasteiger partial charge in [-0.05, 0) is 25.4 Å². The van der Waals surface area contributed by atoms with Crippen LogP contribution in [-0.4, -0.2) is 30.2 Å². The molecule has 0 aliphatic carbocycles. The summed E-state index contributed by atoms with van der Waals surface area (Å²) < 4.78 is 0. The summed E-state index contributed by atoms with van der Waals surface area (Å²) >= 11 is 1.68. The molecular weight excluding hydrogens is 244 g/mol. The van der Waals surface area contributed by atoms with Crippen molar-refractivity contribution in [3.63, 3.8) is 0 Å². The summed E-state index contributed by atoms with van der Waals surface area (Å²) in [6.45, 7) is 3.60.